The first kappa shape index (κ1) is 70.4. The summed E-state index contributed by atoms with van der Waals surface area (Å²) in [7, 11) is -1.42. The van der Waals surface area contributed by atoms with Gasteiger partial charge in [-0.05, 0) is 105 Å². The van der Waals surface area contributed by atoms with E-state index < -0.39 is 58.8 Å². The molecule has 2 heterocycles. The molecule has 2 unspecified atom stereocenters. The molecule has 2 aliphatic rings. The molecule has 23 nitrogen and oxygen atoms in total. The van der Waals surface area contributed by atoms with Gasteiger partial charge in [0.1, 0.15) is 25.3 Å². The van der Waals surface area contributed by atoms with Crippen molar-refractivity contribution in [3.05, 3.63) is 77.9 Å². The van der Waals surface area contributed by atoms with Crippen molar-refractivity contribution in [2.24, 2.45) is 5.92 Å². The standard InChI is InChI=1S/C62H93N7O16Si2/c1-17-29-82-60(77)67-53(39(2)3)55(71)63-40(4)54(70)64-42-25-23-41(24-26-42)36-83-59(76)66-48-35-52(50(79-12)33-46(48)57(73)69-28-19-22-44(69)38-85-87(15,16)62(8,9)10)81-31-20-30-80-51-34-47(65-58(74)75)45(32-49(51)78-11)56(72)68-27-18-21-43(68)37-84-86(13,14)61(5,6)7/h17,23-26,32-35,39-40,43-44,53,65H,1,18-22,27-31,36-38H2,2-16H3,(H,63,71)(H,64,70)(H,66,76)(H,67,77)(H,74,75)/t40?,43-,44-,53?/m0/s1. The van der Waals surface area contributed by atoms with Crippen LogP contribution in [-0.4, -0.2) is 158 Å². The Balaban J connectivity index is 1.29. The molecule has 2 aliphatic heterocycles. The summed E-state index contributed by atoms with van der Waals surface area (Å²) in [5, 5.41) is 22.8. The largest absolute Gasteiger partial charge is 0.493 e. The fourth-order valence-electron chi connectivity index (χ4n) is 9.10. The predicted octanol–water partition coefficient (Wildman–Crippen LogP) is 11.0. The SMILES string of the molecule is C=CCOC(=O)NC(C(=O)NC(C)C(=O)Nc1ccc(COC(=O)Nc2cc(OCCCOc3cc(NC(=O)O)c(C(=O)N4CCC[C@H]4CO[Si](C)(C)C(C)(C)C)cc3OC)c(OC)cc2C(=O)N2CCC[C@H]2CO[Si](C)(C)C(C)(C)C)cc1)C(C)C. The zero-order chi connectivity index (χ0) is 64.6. The van der Waals surface area contributed by atoms with Gasteiger partial charge in [0, 0.05) is 37.3 Å². The number of nitrogens with zero attached hydrogens (tertiary/aromatic N) is 2. The maximum atomic E-state index is 14.7. The quantitative estimate of drug-likeness (QED) is 0.0224. The molecular weight excluding hydrogens is 1150 g/mol. The summed E-state index contributed by atoms with van der Waals surface area (Å²) in [6.45, 7) is 31.7. The highest BCUT2D eigenvalue weighted by Gasteiger charge is 2.42. The minimum absolute atomic E-state index is 0.0181. The average molecular weight is 1250 g/mol. The molecule has 87 heavy (non-hydrogen) atoms. The van der Waals surface area contributed by atoms with E-state index in [1.165, 1.54) is 51.5 Å². The van der Waals surface area contributed by atoms with Crippen molar-refractivity contribution in [2.45, 2.75) is 161 Å². The summed E-state index contributed by atoms with van der Waals surface area (Å²) in [4.78, 5) is 96.6. The van der Waals surface area contributed by atoms with E-state index >= 15 is 0 Å². The van der Waals surface area contributed by atoms with Gasteiger partial charge < -0.3 is 68.1 Å². The molecule has 25 heteroatoms. The molecule has 0 radical (unpaired) electrons. The second kappa shape index (κ2) is 31.0. The van der Waals surface area contributed by atoms with Gasteiger partial charge in [0.25, 0.3) is 11.8 Å². The number of likely N-dealkylation sites (tertiary alicyclic amines) is 2. The highest BCUT2D eigenvalue weighted by molar-refractivity contribution is 6.74. The highest BCUT2D eigenvalue weighted by Crippen LogP contribution is 2.41. The topological polar surface area (TPSA) is 280 Å². The maximum Gasteiger partial charge on any atom is 0.411 e. The number of carboxylic acid groups (broad SMARTS) is 1. The van der Waals surface area contributed by atoms with Gasteiger partial charge in [-0.2, -0.15) is 0 Å². The molecule has 0 bridgehead atoms. The van der Waals surface area contributed by atoms with Crippen molar-refractivity contribution in [2.75, 3.05) is 76.3 Å². The number of carbonyl (C=O) groups excluding carboxylic acids is 6. The summed E-state index contributed by atoms with van der Waals surface area (Å²) >= 11 is 0. The molecule has 5 rings (SSSR count). The molecule has 7 amide bonds. The maximum absolute atomic E-state index is 14.7. The molecule has 0 aromatic heterocycles. The number of hydrogen-bond donors (Lipinski definition) is 6. The van der Waals surface area contributed by atoms with Crippen molar-refractivity contribution < 1.29 is 75.9 Å². The average Bonchev–Trinajstić information content (AvgIpc) is 1.99. The van der Waals surface area contributed by atoms with Crippen molar-refractivity contribution in [3.63, 3.8) is 0 Å². The Bertz CT molecular complexity index is 2910. The molecule has 480 valence electrons. The van der Waals surface area contributed by atoms with Gasteiger partial charge in [0.2, 0.25) is 11.8 Å². The van der Waals surface area contributed by atoms with Crippen LogP contribution >= 0.6 is 0 Å². The molecule has 6 N–H and O–H groups in total. The molecule has 0 spiro atoms. The fraction of sp³-hybridized carbons (Fsp3) is 0.565. The lowest BCUT2D eigenvalue weighted by Gasteiger charge is -2.38. The van der Waals surface area contributed by atoms with E-state index in [0.717, 1.165) is 25.7 Å². The third kappa shape index (κ3) is 19.6. The summed E-state index contributed by atoms with van der Waals surface area (Å²) < 4.78 is 47.6. The molecule has 3 aromatic rings. The number of benzene rings is 3. The smallest absolute Gasteiger partial charge is 0.411 e. The van der Waals surface area contributed by atoms with E-state index in [1.807, 2.05) is 0 Å². The normalized spacial score (nSPS) is 16.0. The third-order valence-electron chi connectivity index (χ3n) is 16.4. The lowest BCUT2D eigenvalue weighted by Crippen LogP contribution is -2.53. The van der Waals surface area contributed by atoms with E-state index in [2.05, 4.69) is 101 Å². The van der Waals surface area contributed by atoms with Gasteiger partial charge in [-0.3, -0.25) is 29.8 Å². The molecule has 0 saturated carbocycles. The van der Waals surface area contributed by atoms with Crippen LogP contribution in [0, 0.1) is 5.92 Å². The van der Waals surface area contributed by atoms with Gasteiger partial charge in [0.05, 0.1) is 75.2 Å². The van der Waals surface area contributed by atoms with Crippen LogP contribution in [0.2, 0.25) is 36.3 Å². The lowest BCUT2D eigenvalue weighted by molar-refractivity contribution is -0.128. The van der Waals surface area contributed by atoms with E-state index in [4.69, 9.17) is 37.3 Å². The van der Waals surface area contributed by atoms with Gasteiger partial charge in [-0.1, -0.05) is 80.2 Å². The van der Waals surface area contributed by atoms with Crippen LogP contribution in [0.4, 0.5) is 31.4 Å². The summed E-state index contributed by atoms with van der Waals surface area (Å²) in [6, 6.07) is 10.1. The minimum Gasteiger partial charge on any atom is -0.493 e. The Morgan fingerprint density at radius 1 is 0.655 bits per heavy atom. The van der Waals surface area contributed by atoms with Gasteiger partial charge in [-0.15, -0.1) is 0 Å². The van der Waals surface area contributed by atoms with Crippen LogP contribution in [-0.2, 0) is 34.5 Å². The van der Waals surface area contributed by atoms with Crippen LogP contribution in [0.3, 0.4) is 0 Å². The second-order valence-corrected chi connectivity index (χ2v) is 34.8. The predicted molar refractivity (Wildman–Crippen MR) is 337 cm³/mol. The van der Waals surface area contributed by atoms with Crippen LogP contribution in [0.15, 0.2) is 61.2 Å². The van der Waals surface area contributed by atoms with E-state index in [0.29, 0.717) is 37.6 Å². The van der Waals surface area contributed by atoms with Crippen LogP contribution in [0.25, 0.3) is 0 Å². The third-order valence-corrected chi connectivity index (χ3v) is 25.4. The zero-order valence-electron chi connectivity index (χ0n) is 53.4. The van der Waals surface area contributed by atoms with Crippen molar-refractivity contribution >= 4 is 75.6 Å². The number of amides is 7. The number of nitrogens with one attached hydrogen (secondary N) is 5. The highest BCUT2D eigenvalue weighted by atomic mass is 28.4. The zero-order valence-corrected chi connectivity index (χ0v) is 55.4. The Hall–Kier alpha value is -7.36. The first-order chi connectivity index (χ1) is 40.8. The number of anilines is 3. The number of methoxy groups -OCH3 is 2. The van der Waals surface area contributed by atoms with Gasteiger partial charge in [-0.25, -0.2) is 14.4 Å². The Labute approximate surface area is 514 Å². The van der Waals surface area contributed by atoms with Gasteiger partial charge in [0.15, 0.2) is 39.6 Å². The Morgan fingerprint density at radius 3 is 1.57 bits per heavy atom. The monoisotopic (exact) mass is 1250 g/mol. The molecule has 2 saturated heterocycles. The fourth-order valence-corrected chi connectivity index (χ4v) is 11.2. The molecule has 4 atom stereocenters. The summed E-state index contributed by atoms with van der Waals surface area (Å²) in [5.74, 6) is -1.31. The van der Waals surface area contributed by atoms with E-state index in [-0.39, 0.29) is 118 Å². The number of rotatable bonds is 28. The van der Waals surface area contributed by atoms with Crippen LogP contribution < -0.4 is 45.5 Å². The summed E-state index contributed by atoms with van der Waals surface area (Å²) in [6.07, 6.45) is 1.65. The van der Waals surface area contributed by atoms with E-state index in [9.17, 15) is 38.7 Å². The molecule has 3 aromatic carbocycles. The number of hydrogen-bond acceptors (Lipinski definition) is 15. The Morgan fingerprint density at radius 2 is 1.14 bits per heavy atom. The number of ether oxygens (including phenoxy) is 6. The first-order valence-corrected chi connectivity index (χ1v) is 35.4. The molecule has 0 aliphatic carbocycles. The van der Waals surface area contributed by atoms with Crippen molar-refractivity contribution in [3.8, 4) is 23.0 Å². The Kier molecular flexibility index (Phi) is 25.1. The second-order valence-electron chi connectivity index (χ2n) is 25.2. The van der Waals surface area contributed by atoms with Crippen LogP contribution in [0.1, 0.15) is 121 Å². The number of alkyl carbamates (subject to hydrolysis) is 1. The van der Waals surface area contributed by atoms with Crippen molar-refractivity contribution in [1.29, 1.82) is 0 Å². The van der Waals surface area contributed by atoms with Gasteiger partial charge >= 0.3 is 18.3 Å². The number of carbonyl (C=O) groups is 7. The first-order valence-electron chi connectivity index (χ1n) is 29.6. The van der Waals surface area contributed by atoms with E-state index in [1.54, 1.807) is 47.9 Å². The molecular formula is C62H93N7O16Si2. The molecule has 2 fully saturated rings. The summed E-state index contributed by atoms with van der Waals surface area (Å²) in [5.41, 5.74) is 1.33. The lowest BCUT2D eigenvalue weighted by atomic mass is 10.0. The van der Waals surface area contributed by atoms with Crippen LogP contribution in [0.5, 0.6) is 23.0 Å². The van der Waals surface area contributed by atoms with Crippen molar-refractivity contribution in [1.82, 2.24) is 20.4 Å². The minimum atomic E-state index is -2.17.